The summed E-state index contributed by atoms with van der Waals surface area (Å²) in [5.74, 6) is 0. The van der Waals surface area contributed by atoms with Gasteiger partial charge in [-0.1, -0.05) is 0 Å². The molecule has 5 nitrogen and oxygen atoms in total. The van der Waals surface area contributed by atoms with Crippen molar-refractivity contribution in [3.63, 3.8) is 0 Å². The van der Waals surface area contributed by atoms with E-state index in [1.807, 2.05) is 13.8 Å². The van der Waals surface area contributed by atoms with Crippen LogP contribution in [0.3, 0.4) is 0 Å². The average Bonchev–Trinajstić information content (AvgIpc) is 2.31. The van der Waals surface area contributed by atoms with E-state index < -0.39 is 0 Å². The van der Waals surface area contributed by atoms with Crippen molar-refractivity contribution < 1.29 is 23.7 Å². The fourth-order valence-electron chi connectivity index (χ4n) is 0.959. The van der Waals surface area contributed by atoms with Crippen LogP contribution in [0.2, 0.25) is 0 Å². The molecule has 0 N–H and O–H groups in total. The summed E-state index contributed by atoms with van der Waals surface area (Å²) in [4.78, 5) is 0. The molecule has 0 bridgehead atoms. The van der Waals surface area contributed by atoms with Crippen LogP contribution in [0.1, 0.15) is 13.8 Å². The molecule has 0 aliphatic rings. The van der Waals surface area contributed by atoms with Crippen LogP contribution in [0.4, 0.5) is 0 Å². The first kappa shape index (κ1) is 16.8. The third-order valence-electron chi connectivity index (χ3n) is 2.18. The highest BCUT2D eigenvalue weighted by Crippen LogP contribution is 2.06. The third kappa shape index (κ3) is 12.1. The fraction of sp³-hybridized carbons (Fsp3) is 1.00. The molecule has 0 saturated carbocycles. The minimum Gasteiger partial charge on any atom is -0.382 e. The van der Waals surface area contributed by atoms with Gasteiger partial charge in [-0.3, -0.25) is 0 Å². The van der Waals surface area contributed by atoms with E-state index in [9.17, 15) is 0 Å². The molecule has 0 saturated heterocycles. The zero-order chi connectivity index (χ0) is 13.0. The number of ether oxygens (including phenoxy) is 5. The molecule has 0 aromatic rings. The molecule has 0 heterocycles. The Morgan fingerprint density at radius 3 is 1.65 bits per heavy atom. The maximum absolute atomic E-state index is 5.42. The van der Waals surface area contributed by atoms with Gasteiger partial charge in [-0.15, -0.1) is 0 Å². The lowest BCUT2D eigenvalue weighted by atomic mass is 10.1. The number of hydrogen-bond acceptors (Lipinski definition) is 5. The topological polar surface area (TPSA) is 46.2 Å². The largest absolute Gasteiger partial charge is 0.382 e. The van der Waals surface area contributed by atoms with E-state index in [4.69, 9.17) is 23.7 Å². The summed E-state index contributed by atoms with van der Waals surface area (Å²) in [6.45, 7) is 8.09. The van der Waals surface area contributed by atoms with Crippen molar-refractivity contribution in [3.8, 4) is 0 Å². The standard InChI is InChI=1S/C12H26O5/c1-12(2,14-4)11-17-10-9-16-8-7-15-6-5-13-3/h5-11H2,1-4H3. The molecule has 0 spiro atoms. The van der Waals surface area contributed by atoms with Gasteiger partial charge in [0, 0.05) is 14.2 Å². The highest BCUT2D eigenvalue weighted by atomic mass is 16.6. The van der Waals surface area contributed by atoms with Gasteiger partial charge in [0.05, 0.1) is 51.8 Å². The van der Waals surface area contributed by atoms with Crippen molar-refractivity contribution in [2.24, 2.45) is 0 Å². The molecule has 0 aliphatic carbocycles. The Bertz CT molecular complexity index is 161. The monoisotopic (exact) mass is 250 g/mol. The molecule has 5 heteroatoms. The molecular formula is C12H26O5. The van der Waals surface area contributed by atoms with Crippen molar-refractivity contribution in [2.75, 3.05) is 60.5 Å². The average molecular weight is 250 g/mol. The first-order valence-electron chi connectivity index (χ1n) is 5.89. The minimum atomic E-state index is -0.233. The second kappa shape index (κ2) is 10.9. The second-order valence-electron chi connectivity index (χ2n) is 4.23. The van der Waals surface area contributed by atoms with Crippen LogP contribution in [0.5, 0.6) is 0 Å². The number of methoxy groups -OCH3 is 2. The predicted molar refractivity (Wildman–Crippen MR) is 65.4 cm³/mol. The van der Waals surface area contributed by atoms with Gasteiger partial charge in [-0.05, 0) is 13.8 Å². The van der Waals surface area contributed by atoms with Gasteiger partial charge in [0.25, 0.3) is 0 Å². The Labute approximate surface area is 104 Å². The molecular weight excluding hydrogens is 224 g/mol. The van der Waals surface area contributed by atoms with Gasteiger partial charge in [-0.25, -0.2) is 0 Å². The van der Waals surface area contributed by atoms with Crippen molar-refractivity contribution in [1.82, 2.24) is 0 Å². The zero-order valence-electron chi connectivity index (χ0n) is 11.5. The Morgan fingerprint density at radius 1 is 0.706 bits per heavy atom. The maximum atomic E-state index is 5.42. The summed E-state index contributed by atoms with van der Waals surface area (Å²) < 4.78 is 26.1. The van der Waals surface area contributed by atoms with Gasteiger partial charge in [0.1, 0.15) is 0 Å². The summed E-state index contributed by atoms with van der Waals surface area (Å²) in [5, 5.41) is 0. The van der Waals surface area contributed by atoms with Crippen LogP contribution in [0, 0.1) is 0 Å². The predicted octanol–water partition coefficient (Wildman–Crippen LogP) is 1.11. The lowest BCUT2D eigenvalue weighted by Crippen LogP contribution is -2.29. The molecule has 0 unspecified atom stereocenters. The lowest BCUT2D eigenvalue weighted by molar-refractivity contribution is -0.0641. The van der Waals surface area contributed by atoms with Crippen LogP contribution in [-0.4, -0.2) is 66.1 Å². The van der Waals surface area contributed by atoms with E-state index in [0.29, 0.717) is 46.2 Å². The van der Waals surface area contributed by atoms with Crippen molar-refractivity contribution in [2.45, 2.75) is 19.4 Å². The molecule has 0 atom stereocenters. The number of hydrogen-bond donors (Lipinski definition) is 0. The van der Waals surface area contributed by atoms with Crippen molar-refractivity contribution >= 4 is 0 Å². The van der Waals surface area contributed by atoms with Gasteiger partial charge >= 0.3 is 0 Å². The highest BCUT2D eigenvalue weighted by molar-refractivity contribution is 4.65. The molecule has 0 radical (unpaired) electrons. The first-order valence-corrected chi connectivity index (χ1v) is 5.89. The Balaban J connectivity index is 3.09. The second-order valence-corrected chi connectivity index (χ2v) is 4.23. The molecule has 0 fully saturated rings. The molecule has 0 aromatic heterocycles. The summed E-state index contributed by atoms with van der Waals surface area (Å²) in [6.07, 6.45) is 0. The zero-order valence-corrected chi connectivity index (χ0v) is 11.5. The summed E-state index contributed by atoms with van der Waals surface area (Å²) in [6, 6.07) is 0. The van der Waals surface area contributed by atoms with Gasteiger partial charge in [0.15, 0.2) is 0 Å². The maximum Gasteiger partial charge on any atom is 0.0855 e. The van der Waals surface area contributed by atoms with Crippen molar-refractivity contribution in [3.05, 3.63) is 0 Å². The molecule has 0 aliphatic heterocycles. The normalized spacial score (nSPS) is 12.0. The first-order chi connectivity index (χ1) is 8.12. The minimum absolute atomic E-state index is 0.233. The van der Waals surface area contributed by atoms with Crippen molar-refractivity contribution in [1.29, 1.82) is 0 Å². The Morgan fingerprint density at radius 2 is 1.18 bits per heavy atom. The SMILES string of the molecule is COCCOCCOCCOCC(C)(C)OC. The fourth-order valence-corrected chi connectivity index (χ4v) is 0.959. The number of rotatable bonds is 12. The smallest absolute Gasteiger partial charge is 0.0855 e. The molecule has 0 amide bonds. The summed E-state index contributed by atoms with van der Waals surface area (Å²) in [5.41, 5.74) is -0.233. The van der Waals surface area contributed by atoms with Crippen LogP contribution in [-0.2, 0) is 23.7 Å². The van der Waals surface area contributed by atoms with Gasteiger partial charge in [-0.2, -0.15) is 0 Å². The van der Waals surface area contributed by atoms with E-state index in [2.05, 4.69) is 0 Å². The Hall–Kier alpha value is -0.200. The van der Waals surface area contributed by atoms with E-state index >= 15 is 0 Å². The molecule has 0 rings (SSSR count). The van der Waals surface area contributed by atoms with Crippen LogP contribution in [0.15, 0.2) is 0 Å². The summed E-state index contributed by atoms with van der Waals surface area (Å²) >= 11 is 0. The molecule has 104 valence electrons. The van der Waals surface area contributed by atoms with E-state index in [1.165, 1.54) is 0 Å². The van der Waals surface area contributed by atoms with E-state index in [-0.39, 0.29) is 5.60 Å². The third-order valence-corrected chi connectivity index (χ3v) is 2.18. The Kier molecular flexibility index (Phi) is 10.8. The van der Waals surface area contributed by atoms with Gasteiger partial charge < -0.3 is 23.7 Å². The van der Waals surface area contributed by atoms with Gasteiger partial charge in [0.2, 0.25) is 0 Å². The lowest BCUT2D eigenvalue weighted by Gasteiger charge is -2.22. The summed E-state index contributed by atoms with van der Waals surface area (Å²) in [7, 11) is 3.33. The van der Waals surface area contributed by atoms with E-state index in [1.54, 1.807) is 14.2 Å². The molecule has 0 aromatic carbocycles. The van der Waals surface area contributed by atoms with Crippen LogP contribution < -0.4 is 0 Å². The highest BCUT2D eigenvalue weighted by Gasteiger charge is 2.15. The van der Waals surface area contributed by atoms with Crippen LogP contribution >= 0.6 is 0 Å². The molecule has 17 heavy (non-hydrogen) atoms. The quantitative estimate of drug-likeness (QED) is 0.486. The van der Waals surface area contributed by atoms with E-state index in [0.717, 1.165) is 0 Å². The van der Waals surface area contributed by atoms with Crippen LogP contribution in [0.25, 0.3) is 0 Å².